The highest BCUT2D eigenvalue weighted by molar-refractivity contribution is 8.22. The van der Waals surface area contributed by atoms with Crippen LogP contribution in [-0.4, -0.2) is 52.1 Å². The van der Waals surface area contributed by atoms with Crippen molar-refractivity contribution in [3.63, 3.8) is 0 Å². The number of hydrogen-bond acceptors (Lipinski definition) is 8. The van der Waals surface area contributed by atoms with Gasteiger partial charge < -0.3 is 9.84 Å². The summed E-state index contributed by atoms with van der Waals surface area (Å²) in [4.78, 5) is 14.9. The Labute approximate surface area is 246 Å². The van der Waals surface area contributed by atoms with Crippen LogP contribution in [0.25, 0.3) is 11.0 Å². The zero-order valence-electron chi connectivity index (χ0n) is 24.3. The molecule has 9 nitrogen and oxygen atoms in total. The van der Waals surface area contributed by atoms with E-state index in [1.807, 2.05) is 56.6 Å². The minimum atomic E-state index is -3.31. The van der Waals surface area contributed by atoms with Crippen LogP contribution < -0.4 is 4.74 Å². The molecule has 2 atom stereocenters. The molecule has 11 heteroatoms. The Bertz CT molecular complexity index is 1590. The lowest BCUT2D eigenvalue weighted by Gasteiger charge is -2.41. The molecule has 2 unspecified atom stereocenters. The molecule has 4 aromatic rings. The number of aromatic nitrogens is 3. The highest BCUT2D eigenvalue weighted by atomic mass is 32.3. The quantitative estimate of drug-likeness (QED) is 0.197. The number of rotatable bonds is 8. The van der Waals surface area contributed by atoms with E-state index in [1.54, 1.807) is 47.7 Å². The van der Waals surface area contributed by atoms with Gasteiger partial charge in [-0.3, -0.25) is 13.9 Å². The summed E-state index contributed by atoms with van der Waals surface area (Å²) in [6, 6.07) is 13.1. The summed E-state index contributed by atoms with van der Waals surface area (Å²) in [7, 11) is -3.31. The molecule has 0 amide bonds. The van der Waals surface area contributed by atoms with Crippen LogP contribution in [-0.2, 0) is 17.9 Å². The third-order valence-electron chi connectivity index (χ3n) is 8.20. The number of thiophene rings is 1. The third-order valence-corrected chi connectivity index (χ3v) is 11.3. The van der Waals surface area contributed by atoms with Gasteiger partial charge in [-0.25, -0.2) is 4.68 Å². The maximum Gasteiger partial charge on any atom is 0.310 e. The number of hydrogen-bond donors (Lipinski definition) is 3. The first-order chi connectivity index (χ1) is 19.4. The topological polar surface area (TPSA) is 121 Å². The number of nitrogens with zero attached hydrogens (tertiary/aromatic N) is 4. The van der Waals surface area contributed by atoms with Crippen LogP contribution in [0.2, 0.25) is 0 Å². The van der Waals surface area contributed by atoms with Gasteiger partial charge in [0.05, 0.1) is 17.5 Å². The third kappa shape index (κ3) is 5.14. The molecule has 1 aliphatic heterocycles. The van der Waals surface area contributed by atoms with Gasteiger partial charge in [0.2, 0.25) is 0 Å². The smallest absolute Gasteiger partial charge is 0.310 e. The SMILES string of the molecule is CCC1CN(Cc2cc(C(c3ccc4c(nnn4CC)c3C)C(C)(C)C(=O)O)sc2C)S(O)(O)c2ccccc2O1. The summed E-state index contributed by atoms with van der Waals surface area (Å²) in [5, 5.41) is 19.0. The van der Waals surface area contributed by atoms with Crippen molar-refractivity contribution in [3.05, 3.63) is 68.9 Å². The highest BCUT2D eigenvalue weighted by Gasteiger charge is 2.42. The maximum absolute atomic E-state index is 12.6. The van der Waals surface area contributed by atoms with Gasteiger partial charge >= 0.3 is 5.97 Å². The van der Waals surface area contributed by atoms with Crippen molar-refractivity contribution in [2.45, 2.75) is 78.0 Å². The van der Waals surface area contributed by atoms with Crippen molar-refractivity contribution in [2.75, 3.05) is 6.54 Å². The second-order valence-corrected chi connectivity index (χ2v) is 14.5. The average molecular weight is 599 g/mol. The van der Waals surface area contributed by atoms with E-state index < -0.39 is 28.1 Å². The number of aryl methyl sites for hydroxylation is 3. The number of benzene rings is 2. The number of carbonyl (C=O) groups is 1. The zero-order valence-corrected chi connectivity index (χ0v) is 25.9. The van der Waals surface area contributed by atoms with Crippen LogP contribution >= 0.6 is 22.1 Å². The van der Waals surface area contributed by atoms with Crippen molar-refractivity contribution in [2.24, 2.45) is 5.41 Å². The standard InChI is InChI=1S/C30H38N4O5S2/c1-7-21-17-33(41(37,38)26-12-10-9-11-24(26)39-21)16-20-15-25(40-19(20)4)27(30(5,6)29(35)36)22-13-14-23-28(18(22)3)31-32-34(23)8-2/h9-15,21,27,37-38H,7-8,16-17H2,1-6H3,(H,35,36). The maximum atomic E-state index is 12.6. The molecule has 0 saturated heterocycles. The van der Waals surface area contributed by atoms with E-state index in [2.05, 4.69) is 10.3 Å². The van der Waals surface area contributed by atoms with Gasteiger partial charge in [-0.1, -0.05) is 30.3 Å². The molecule has 2 aromatic carbocycles. The molecule has 5 rings (SSSR count). The summed E-state index contributed by atoms with van der Waals surface area (Å²) in [5.74, 6) is -0.850. The van der Waals surface area contributed by atoms with Gasteiger partial charge in [0.25, 0.3) is 0 Å². The Hall–Kier alpha value is -2.96. The predicted molar refractivity (Wildman–Crippen MR) is 163 cm³/mol. The lowest BCUT2D eigenvalue weighted by molar-refractivity contribution is -0.147. The summed E-state index contributed by atoms with van der Waals surface area (Å²) >= 11 is 1.55. The first-order valence-electron chi connectivity index (χ1n) is 13.8. The molecule has 41 heavy (non-hydrogen) atoms. The van der Waals surface area contributed by atoms with Crippen LogP contribution in [0.1, 0.15) is 66.5 Å². The minimum absolute atomic E-state index is 0.201. The fourth-order valence-electron chi connectivity index (χ4n) is 5.61. The summed E-state index contributed by atoms with van der Waals surface area (Å²) in [5.41, 5.74) is 3.30. The van der Waals surface area contributed by atoms with Crippen LogP contribution in [0.15, 0.2) is 47.4 Å². The number of fused-ring (bicyclic) bond motifs is 2. The Kier molecular flexibility index (Phi) is 7.95. The summed E-state index contributed by atoms with van der Waals surface area (Å²) in [6.07, 6.45) is 0.515. The molecule has 0 bridgehead atoms. The molecular formula is C30H38N4O5S2. The fraction of sp³-hybridized carbons (Fsp3) is 0.433. The molecule has 3 heterocycles. The number of aliphatic carboxylic acids is 1. The van der Waals surface area contributed by atoms with Crippen LogP contribution in [0.5, 0.6) is 5.75 Å². The number of carboxylic acids is 1. The van der Waals surface area contributed by atoms with Crippen molar-refractivity contribution >= 4 is 39.1 Å². The van der Waals surface area contributed by atoms with E-state index in [-0.39, 0.29) is 6.10 Å². The zero-order chi connectivity index (χ0) is 29.7. The molecule has 1 aliphatic rings. The van der Waals surface area contributed by atoms with Gasteiger partial charge in [0.15, 0.2) is 0 Å². The van der Waals surface area contributed by atoms with Gasteiger partial charge in [0, 0.05) is 28.8 Å². The first-order valence-corrected chi connectivity index (χ1v) is 16.2. The van der Waals surface area contributed by atoms with E-state index in [4.69, 9.17) is 4.74 Å². The Morgan fingerprint density at radius 3 is 2.61 bits per heavy atom. The second-order valence-electron chi connectivity index (χ2n) is 11.2. The van der Waals surface area contributed by atoms with Gasteiger partial charge in [-0.05, 0) is 82.0 Å². The molecule has 0 spiro atoms. The van der Waals surface area contributed by atoms with E-state index >= 15 is 0 Å². The van der Waals surface area contributed by atoms with E-state index in [0.29, 0.717) is 36.7 Å². The van der Waals surface area contributed by atoms with Crippen LogP contribution in [0, 0.1) is 19.3 Å². The molecule has 2 aromatic heterocycles. The molecule has 0 fully saturated rings. The van der Waals surface area contributed by atoms with Gasteiger partial charge in [-0.15, -0.1) is 27.2 Å². The van der Waals surface area contributed by atoms with E-state index in [1.165, 1.54) is 0 Å². The highest BCUT2D eigenvalue weighted by Crippen LogP contribution is 2.58. The normalized spacial score (nSPS) is 18.9. The van der Waals surface area contributed by atoms with E-state index in [0.717, 1.165) is 37.5 Å². The molecule has 0 radical (unpaired) electrons. The lowest BCUT2D eigenvalue weighted by Crippen LogP contribution is -2.34. The van der Waals surface area contributed by atoms with Crippen molar-refractivity contribution in [1.29, 1.82) is 0 Å². The average Bonchev–Trinajstić information content (AvgIpc) is 3.49. The monoisotopic (exact) mass is 598 g/mol. The van der Waals surface area contributed by atoms with Gasteiger partial charge in [0.1, 0.15) is 22.3 Å². The van der Waals surface area contributed by atoms with Crippen LogP contribution in [0.3, 0.4) is 0 Å². The van der Waals surface area contributed by atoms with Crippen LogP contribution in [0.4, 0.5) is 0 Å². The van der Waals surface area contributed by atoms with Crippen molar-refractivity contribution in [1.82, 2.24) is 19.3 Å². The molecule has 220 valence electrons. The predicted octanol–water partition coefficient (Wildman–Crippen LogP) is 7.07. The largest absolute Gasteiger partial charge is 0.487 e. The van der Waals surface area contributed by atoms with Crippen molar-refractivity contribution in [3.8, 4) is 5.75 Å². The first kappa shape index (κ1) is 29.5. The lowest BCUT2D eigenvalue weighted by atomic mass is 9.72. The number of ether oxygens (including phenoxy) is 1. The Morgan fingerprint density at radius 2 is 1.93 bits per heavy atom. The minimum Gasteiger partial charge on any atom is -0.487 e. The fourth-order valence-corrected chi connectivity index (χ4v) is 8.58. The number of carboxylic acid groups (broad SMARTS) is 1. The van der Waals surface area contributed by atoms with Gasteiger partial charge in [-0.2, -0.15) is 4.31 Å². The summed E-state index contributed by atoms with van der Waals surface area (Å²) in [6.45, 7) is 12.9. The molecule has 0 aliphatic carbocycles. The van der Waals surface area contributed by atoms with E-state index in [9.17, 15) is 19.0 Å². The Morgan fingerprint density at radius 1 is 1.20 bits per heavy atom. The second kappa shape index (κ2) is 11.0. The van der Waals surface area contributed by atoms with Crippen molar-refractivity contribution < 1.29 is 23.7 Å². The summed E-state index contributed by atoms with van der Waals surface area (Å²) < 4.78 is 32.7. The molecule has 3 N–H and O–H groups in total. The number of para-hydroxylation sites is 1. The Balaban J connectivity index is 1.58. The molecule has 0 saturated carbocycles. The molecular weight excluding hydrogens is 560 g/mol.